The van der Waals surface area contributed by atoms with Crippen LogP contribution in [0.15, 0.2) is 24.3 Å². The summed E-state index contributed by atoms with van der Waals surface area (Å²) in [7, 11) is 5.32. The van der Waals surface area contributed by atoms with Crippen LogP contribution in [-0.2, 0) is 17.8 Å². The van der Waals surface area contributed by atoms with Crippen molar-refractivity contribution in [3.63, 3.8) is 0 Å². The van der Waals surface area contributed by atoms with Crippen LogP contribution in [0.2, 0.25) is 0 Å². The zero-order valence-corrected chi connectivity index (χ0v) is 20.4. The molecule has 0 N–H and O–H groups in total. The van der Waals surface area contributed by atoms with Crippen LogP contribution in [0.1, 0.15) is 54.4 Å². The van der Waals surface area contributed by atoms with Gasteiger partial charge in [-0.05, 0) is 18.9 Å². The van der Waals surface area contributed by atoms with Crippen molar-refractivity contribution in [1.82, 2.24) is 19.8 Å². The van der Waals surface area contributed by atoms with Gasteiger partial charge >= 0.3 is 6.03 Å². The third-order valence-corrected chi connectivity index (χ3v) is 6.12. The van der Waals surface area contributed by atoms with E-state index in [1.165, 1.54) is 11.1 Å². The van der Waals surface area contributed by atoms with Crippen LogP contribution in [0, 0.1) is 6.92 Å². The molecule has 1 aromatic carbocycles. The van der Waals surface area contributed by atoms with E-state index < -0.39 is 0 Å². The second-order valence-corrected chi connectivity index (χ2v) is 8.89. The van der Waals surface area contributed by atoms with E-state index in [2.05, 4.69) is 49.9 Å². The number of aryl methyl sites for hydroxylation is 1. The van der Waals surface area contributed by atoms with Gasteiger partial charge in [0.05, 0.1) is 12.3 Å². The summed E-state index contributed by atoms with van der Waals surface area (Å²) in [6, 6.07) is 8.65. The SMILES string of the molecule is CC[C@@H](C)c1nc(COC)c(Cc2cccc(C)c2)c(N2CCN(C(=O)N(C)C)CC2)n1. The van der Waals surface area contributed by atoms with Gasteiger partial charge in [0, 0.05) is 65.3 Å². The van der Waals surface area contributed by atoms with E-state index in [9.17, 15) is 4.79 Å². The number of carbonyl (C=O) groups is 1. The molecule has 0 bridgehead atoms. The molecule has 1 aromatic heterocycles. The minimum absolute atomic E-state index is 0.0627. The lowest BCUT2D eigenvalue weighted by Gasteiger charge is -2.37. The van der Waals surface area contributed by atoms with Crippen molar-refractivity contribution in [2.24, 2.45) is 0 Å². The molecule has 0 radical (unpaired) electrons. The summed E-state index contributed by atoms with van der Waals surface area (Å²) in [6.07, 6.45) is 1.74. The second kappa shape index (κ2) is 10.8. The highest BCUT2D eigenvalue weighted by molar-refractivity contribution is 5.74. The van der Waals surface area contributed by atoms with Crippen LogP contribution in [0.25, 0.3) is 0 Å². The van der Waals surface area contributed by atoms with Gasteiger partial charge in [0.2, 0.25) is 0 Å². The lowest BCUT2D eigenvalue weighted by molar-refractivity contribution is 0.167. The first-order valence-corrected chi connectivity index (χ1v) is 11.5. The smallest absolute Gasteiger partial charge is 0.319 e. The Morgan fingerprint density at radius 1 is 1.19 bits per heavy atom. The molecule has 2 amide bonds. The predicted octanol–water partition coefficient (Wildman–Crippen LogP) is 3.84. The maximum atomic E-state index is 12.4. The van der Waals surface area contributed by atoms with Crippen molar-refractivity contribution in [3.8, 4) is 0 Å². The number of methoxy groups -OCH3 is 1. The molecule has 1 saturated heterocycles. The summed E-state index contributed by atoms with van der Waals surface area (Å²) in [5.74, 6) is 2.13. The van der Waals surface area contributed by atoms with Crippen LogP contribution >= 0.6 is 0 Å². The van der Waals surface area contributed by atoms with Crippen LogP contribution < -0.4 is 4.90 Å². The number of hydrogen-bond donors (Lipinski definition) is 0. The zero-order chi connectivity index (χ0) is 23.3. The quantitative estimate of drug-likeness (QED) is 0.656. The maximum Gasteiger partial charge on any atom is 0.319 e. The number of anilines is 1. The van der Waals surface area contributed by atoms with Gasteiger partial charge in [-0.25, -0.2) is 14.8 Å². The molecule has 1 aliphatic heterocycles. The third kappa shape index (κ3) is 5.57. The molecule has 0 spiro atoms. The normalized spacial score (nSPS) is 15.1. The average molecular weight is 440 g/mol. The van der Waals surface area contributed by atoms with Gasteiger partial charge in [-0.15, -0.1) is 0 Å². The first-order valence-electron chi connectivity index (χ1n) is 11.5. The summed E-state index contributed by atoms with van der Waals surface area (Å²) >= 11 is 0. The fourth-order valence-corrected chi connectivity index (χ4v) is 4.06. The Kier molecular flexibility index (Phi) is 8.07. The van der Waals surface area contributed by atoms with Crippen LogP contribution in [0.4, 0.5) is 10.6 Å². The Morgan fingerprint density at radius 2 is 1.91 bits per heavy atom. The number of ether oxygens (including phenoxy) is 1. The van der Waals surface area contributed by atoms with Crippen molar-refractivity contribution in [2.75, 3.05) is 52.3 Å². The molecular formula is C25H37N5O2. The van der Waals surface area contributed by atoms with Gasteiger partial charge in [0.1, 0.15) is 11.6 Å². The van der Waals surface area contributed by atoms with Gasteiger partial charge in [0.15, 0.2) is 0 Å². The number of rotatable bonds is 7. The molecule has 32 heavy (non-hydrogen) atoms. The average Bonchev–Trinajstić information content (AvgIpc) is 2.79. The lowest BCUT2D eigenvalue weighted by atomic mass is 10.0. The van der Waals surface area contributed by atoms with E-state index >= 15 is 0 Å². The van der Waals surface area contributed by atoms with E-state index in [0.29, 0.717) is 19.7 Å². The standard InChI is InChI=1S/C25H37N5O2/c1-7-19(3)23-26-22(17-32-6)21(16-20-10-8-9-18(2)15-20)24(27-23)29-11-13-30(14-12-29)25(31)28(4)5/h8-10,15,19H,7,11-14,16-17H2,1-6H3/t19-/m1/s1. The van der Waals surface area contributed by atoms with Gasteiger partial charge in [-0.3, -0.25) is 0 Å². The Bertz CT molecular complexity index is 923. The molecule has 1 atom stereocenters. The van der Waals surface area contributed by atoms with Gasteiger partial charge in [0.25, 0.3) is 0 Å². The highest BCUT2D eigenvalue weighted by Crippen LogP contribution is 2.29. The predicted molar refractivity (Wildman–Crippen MR) is 128 cm³/mol. The fraction of sp³-hybridized carbons (Fsp3) is 0.560. The minimum atomic E-state index is 0.0627. The van der Waals surface area contributed by atoms with E-state index in [-0.39, 0.29) is 11.9 Å². The molecule has 1 fully saturated rings. The van der Waals surface area contributed by atoms with E-state index in [0.717, 1.165) is 48.8 Å². The fourth-order valence-electron chi connectivity index (χ4n) is 4.06. The first-order chi connectivity index (χ1) is 15.3. The van der Waals surface area contributed by atoms with Gasteiger partial charge in [-0.1, -0.05) is 43.7 Å². The Morgan fingerprint density at radius 3 is 2.50 bits per heavy atom. The lowest BCUT2D eigenvalue weighted by Crippen LogP contribution is -2.52. The number of amides is 2. The molecule has 0 aliphatic carbocycles. The molecule has 174 valence electrons. The molecule has 2 heterocycles. The summed E-state index contributed by atoms with van der Waals surface area (Å²) < 4.78 is 5.55. The third-order valence-electron chi connectivity index (χ3n) is 6.12. The van der Waals surface area contributed by atoms with E-state index in [4.69, 9.17) is 14.7 Å². The van der Waals surface area contributed by atoms with E-state index in [1.54, 1.807) is 26.1 Å². The largest absolute Gasteiger partial charge is 0.378 e. The summed E-state index contributed by atoms with van der Waals surface area (Å²) in [5, 5.41) is 0. The molecule has 0 unspecified atom stereocenters. The number of benzene rings is 1. The van der Waals surface area contributed by atoms with Crippen LogP contribution in [0.3, 0.4) is 0 Å². The summed E-state index contributed by atoms with van der Waals surface area (Å²) in [5.41, 5.74) is 4.56. The molecule has 0 saturated carbocycles. The van der Waals surface area contributed by atoms with Crippen molar-refractivity contribution in [3.05, 3.63) is 52.5 Å². The number of aromatic nitrogens is 2. The van der Waals surface area contributed by atoms with Crippen molar-refractivity contribution < 1.29 is 9.53 Å². The topological polar surface area (TPSA) is 61.8 Å². The van der Waals surface area contributed by atoms with Crippen LogP contribution in [-0.4, -0.2) is 73.2 Å². The minimum Gasteiger partial charge on any atom is -0.378 e. The molecule has 7 heteroatoms. The highest BCUT2D eigenvalue weighted by atomic mass is 16.5. The Balaban J connectivity index is 1.99. The number of urea groups is 1. The molecule has 7 nitrogen and oxygen atoms in total. The maximum absolute atomic E-state index is 12.4. The van der Waals surface area contributed by atoms with Crippen molar-refractivity contribution >= 4 is 11.8 Å². The Hall–Kier alpha value is -2.67. The summed E-state index contributed by atoms with van der Waals surface area (Å²) in [6.45, 7) is 9.78. The van der Waals surface area contributed by atoms with E-state index in [1.807, 2.05) is 4.90 Å². The van der Waals surface area contributed by atoms with Crippen molar-refractivity contribution in [1.29, 1.82) is 0 Å². The number of piperazine rings is 1. The molecule has 1 aliphatic rings. The number of hydrogen-bond acceptors (Lipinski definition) is 5. The molecule has 3 rings (SSSR count). The van der Waals surface area contributed by atoms with Crippen LogP contribution in [0.5, 0.6) is 0 Å². The van der Waals surface area contributed by atoms with Gasteiger partial charge in [-0.2, -0.15) is 0 Å². The van der Waals surface area contributed by atoms with Gasteiger partial charge < -0.3 is 19.4 Å². The monoisotopic (exact) mass is 439 g/mol. The van der Waals surface area contributed by atoms with Crippen molar-refractivity contribution in [2.45, 2.75) is 46.1 Å². The molecule has 2 aromatic rings. The zero-order valence-electron chi connectivity index (χ0n) is 20.4. The number of carbonyl (C=O) groups excluding carboxylic acids is 1. The molecular weight excluding hydrogens is 402 g/mol. The second-order valence-electron chi connectivity index (χ2n) is 8.89. The number of nitrogens with zero attached hydrogens (tertiary/aromatic N) is 5. The summed E-state index contributed by atoms with van der Waals surface area (Å²) in [4.78, 5) is 28.3. The highest BCUT2D eigenvalue weighted by Gasteiger charge is 2.27. The Labute approximate surface area is 192 Å². The first kappa shape index (κ1) is 24.0.